The number of aryl methyl sites for hydroxylation is 2. The van der Waals surface area contributed by atoms with Gasteiger partial charge in [0.15, 0.2) is 0 Å². The summed E-state index contributed by atoms with van der Waals surface area (Å²) >= 11 is 0. The summed E-state index contributed by atoms with van der Waals surface area (Å²) in [4.78, 5) is 17.4. The van der Waals surface area contributed by atoms with Gasteiger partial charge in [-0.15, -0.1) is 6.07 Å². The van der Waals surface area contributed by atoms with Gasteiger partial charge < -0.3 is 10.2 Å². The van der Waals surface area contributed by atoms with Gasteiger partial charge in [-0.2, -0.15) is 12.5 Å². The van der Waals surface area contributed by atoms with Crippen LogP contribution >= 0.6 is 0 Å². The number of pyridine rings is 2. The molecule has 0 bridgehead atoms. The average Bonchev–Trinajstić information content (AvgIpc) is 2.61. The van der Waals surface area contributed by atoms with E-state index in [2.05, 4.69) is 26.9 Å². The van der Waals surface area contributed by atoms with Gasteiger partial charge in [0, 0.05) is 43.3 Å². The van der Waals surface area contributed by atoms with Crippen molar-refractivity contribution >= 4 is 0 Å². The second-order valence-electron chi connectivity index (χ2n) is 6.79. The van der Waals surface area contributed by atoms with E-state index in [-0.39, 0.29) is 32.3 Å². The fraction of sp³-hybridized carbons (Fsp3) is 0.318. The second-order valence-corrected chi connectivity index (χ2v) is 6.79. The largest absolute Gasteiger partial charge is 0.393 e. The molecule has 0 aliphatic rings. The molecule has 2 unspecified atom stereocenters. The van der Waals surface area contributed by atoms with Crippen LogP contribution in [0.5, 0.6) is 0 Å². The van der Waals surface area contributed by atoms with E-state index in [4.69, 9.17) is 10.2 Å². The Morgan fingerprint density at radius 3 is 2.07 bits per heavy atom. The molecule has 157 valence electrons. The van der Waals surface area contributed by atoms with Gasteiger partial charge in [0.1, 0.15) is 6.33 Å². The van der Waals surface area contributed by atoms with E-state index >= 15 is 0 Å². The van der Waals surface area contributed by atoms with Crippen molar-refractivity contribution in [2.45, 2.75) is 46.3 Å². The van der Waals surface area contributed by atoms with Crippen molar-refractivity contribution in [1.29, 1.82) is 0 Å². The van der Waals surface area contributed by atoms with E-state index in [0.29, 0.717) is 6.42 Å². The molecule has 0 saturated heterocycles. The molecule has 3 aromatic heterocycles. The third-order valence-electron chi connectivity index (χ3n) is 4.12. The summed E-state index contributed by atoms with van der Waals surface area (Å²) < 4.78 is 0. The van der Waals surface area contributed by atoms with Crippen LogP contribution in [-0.4, -0.2) is 42.4 Å². The van der Waals surface area contributed by atoms with Crippen LogP contribution in [0.4, 0.5) is 0 Å². The van der Waals surface area contributed by atoms with Gasteiger partial charge in [-0.25, -0.2) is 9.97 Å². The molecular weight excluding hydrogens is 544 g/mol. The zero-order valence-corrected chi connectivity index (χ0v) is 19.5. The summed E-state index contributed by atoms with van der Waals surface area (Å²) in [5.41, 5.74) is 6.42. The molecule has 7 heteroatoms. The number of nitrogens with zero attached hydrogens (tertiary/aromatic N) is 4. The maximum absolute atomic E-state index is 8.56. The van der Waals surface area contributed by atoms with Crippen molar-refractivity contribution in [2.75, 3.05) is 0 Å². The van der Waals surface area contributed by atoms with E-state index < -0.39 is 0 Å². The molecule has 29 heavy (non-hydrogen) atoms. The summed E-state index contributed by atoms with van der Waals surface area (Å²) in [5, 5.41) is 17.1. The zero-order valence-electron chi connectivity index (χ0n) is 17.1. The molecule has 2 N–H and O–H groups in total. The van der Waals surface area contributed by atoms with Crippen LogP contribution in [-0.2, 0) is 20.1 Å². The van der Waals surface area contributed by atoms with E-state index in [1.54, 1.807) is 32.6 Å². The molecule has 3 heterocycles. The van der Waals surface area contributed by atoms with Crippen molar-refractivity contribution < 1.29 is 30.3 Å². The summed E-state index contributed by atoms with van der Waals surface area (Å²) in [6.07, 6.45) is 4.83. The minimum atomic E-state index is -0.375. The Kier molecular flexibility index (Phi) is 10.1. The Hall–Kier alpha value is -2.18. The number of aliphatic hydroxyl groups is 2. The molecule has 0 aliphatic carbocycles. The fourth-order valence-corrected chi connectivity index (χ4v) is 2.86. The van der Waals surface area contributed by atoms with Gasteiger partial charge in [-0.3, -0.25) is 9.97 Å². The van der Waals surface area contributed by atoms with Gasteiger partial charge in [0.05, 0.1) is 17.9 Å². The Bertz CT molecular complexity index is 891. The minimum Gasteiger partial charge on any atom is -0.393 e. The Morgan fingerprint density at radius 2 is 1.52 bits per heavy atom. The van der Waals surface area contributed by atoms with Crippen molar-refractivity contribution in [1.82, 2.24) is 19.9 Å². The van der Waals surface area contributed by atoms with Crippen LogP contribution in [0, 0.1) is 20.8 Å². The summed E-state index contributed by atoms with van der Waals surface area (Å²) in [6.45, 7) is 11.3. The molecule has 1 radical (unpaired) electrons. The number of rotatable bonds is 4. The fourth-order valence-electron chi connectivity index (χ4n) is 2.86. The van der Waals surface area contributed by atoms with E-state index in [0.717, 1.165) is 39.5 Å². The third-order valence-corrected chi connectivity index (χ3v) is 4.12. The van der Waals surface area contributed by atoms with Crippen molar-refractivity contribution in [2.24, 2.45) is 0 Å². The maximum atomic E-state index is 8.56. The number of hydrogen-bond donors (Lipinski definition) is 2. The molecule has 6 nitrogen and oxygen atoms in total. The Labute approximate surface area is 185 Å². The van der Waals surface area contributed by atoms with Crippen molar-refractivity contribution in [3.63, 3.8) is 0 Å². The van der Waals surface area contributed by atoms with Gasteiger partial charge in [0.25, 0.3) is 0 Å². The molecule has 0 spiro atoms. The molecule has 2 atom stereocenters. The first-order valence-corrected chi connectivity index (χ1v) is 9.17. The van der Waals surface area contributed by atoms with Crippen molar-refractivity contribution in [3.05, 3.63) is 66.9 Å². The summed E-state index contributed by atoms with van der Waals surface area (Å²) in [6, 6.07) is 7.77. The smallest absolute Gasteiger partial charge is 0.115 e. The number of aliphatic hydroxyl groups excluding tert-OH is 2. The van der Waals surface area contributed by atoms with Crippen LogP contribution in [0.25, 0.3) is 22.5 Å². The Morgan fingerprint density at radius 1 is 0.897 bits per heavy atom. The van der Waals surface area contributed by atoms with Crippen LogP contribution in [0.1, 0.15) is 37.2 Å². The normalized spacial score (nSPS) is 12.2. The minimum absolute atomic E-state index is 0. The number of aromatic nitrogens is 4. The average molecular weight is 572 g/mol. The van der Waals surface area contributed by atoms with Gasteiger partial charge >= 0.3 is 0 Å². The first-order valence-electron chi connectivity index (χ1n) is 9.17. The van der Waals surface area contributed by atoms with E-state index in [1.807, 2.05) is 38.1 Å². The van der Waals surface area contributed by atoms with Crippen molar-refractivity contribution in [3.8, 4) is 22.5 Å². The van der Waals surface area contributed by atoms with Crippen LogP contribution in [0.3, 0.4) is 0 Å². The quantitative estimate of drug-likeness (QED) is 0.466. The SMILES string of the molecule is CC(O)CC(C)O.[CH2-]c1ccnc(C)c1-c1cc(-c2cccnc2C)ncn1.[Ir]. The van der Waals surface area contributed by atoms with E-state index in [9.17, 15) is 0 Å². The third kappa shape index (κ3) is 7.29. The number of hydrogen-bond acceptors (Lipinski definition) is 6. The first kappa shape index (κ1) is 24.9. The predicted octanol–water partition coefficient (Wildman–Crippen LogP) is 3.54. The van der Waals surface area contributed by atoms with Gasteiger partial charge in [-0.05, 0) is 64.2 Å². The predicted molar refractivity (Wildman–Crippen MR) is 110 cm³/mol. The van der Waals surface area contributed by atoms with E-state index in [1.165, 1.54) is 0 Å². The molecule has 3 aromatic rings. The van der Waals surface area contributed by atoms with Crippen LogP contribution in [0.2, 0.25) is 0 Å². The van der Waals surface area contributed by atoms with Gasteiger partial charge in [-0.1, -0.05) is 5.56 Å². The molecule has 0 aromatic carbocycles. The molecule has 0 amide bonds. The Balaban J connectivity index is 0.000000456. The first-order chi connectivity index (χ1) is 13.3. The zero-order chi connectivity index (χ0) is 20.7. The standard InChI is InChI=1S/C17H15N4.C5H12O2.Ir/c1-11-6-8-19-13(3)17(11)16-9-15(20-10-21-16)14-5-4-7-18-12(14)2;1-4(6)3-5(2)7;/h4-10H,1H2,2-3H3;4-7H,3H2,1-2H3;/q-1;;. The van der Waals surface area contributed by atoms with Gasteiger partial charge in [0.2, 0.25) is 0 Å². The molecule has 0 aliphatic heterocycles. The van der Waals surface area contributed by atoms with Crippen LogP contribution < -0.4 is 0 Å². The molecule has 0 fully saturated rings. The molecular formula is C22H27IrN4O2-. The molecule has 0 saturated carbocycles. The monoisotopic (exact) mass is 572 g/mol. The summed E-state index contributed by atoms with van der Waals surface area (Å²) in [5.74, 6) is 0. The van der Waals surface area contributed by atoms with Crippen LogP contribution in [0.15, 0.2) is 43.0 Å². The topological polar surface area (TPSA) is 92.0 Å². The maximum Gasteiger partial charge on any atom is 0.115 e. The summed E-state index contributed by atoms with van der Waals surface area (Å²) in [7, 11) is 0. The second kappa shape index (κ2) is 11.7. The molecule has 3 rings (SSSR count).